The Balaban J connectivity index is 1.86. The van der Waals surface area contributed by atoms with Crippen LogP contribution >= 0.6 is 23.2 Å². The summed E-state index contributed by atoms with van der Waals surface area (Å²) in [6.45, 7) is 1.34. The van der Waals surface area contributed by atoms with Crippen molar-refractivity contribution in [2.45, 2.75) is 24.3 Å². The van der Waals surface area contributed by atoms with Crippen LogP contribution in [0.15, 0.2) is 47.4 Å². The molecule has 1 fully saturated rings. The van der Waals surface area contributed by atoms with Gasteiger partial charge in [0.1, 0.15) is 0 Å². The van der Waals surface area contributed by atoms with Crippen molar-refractivity contribution in [2.75, 3.05) is 20.1 Å². The zero-order valence-corrected chi connectivity index (χ0v) is 17.2. The van der Waals surface area contributed by atoms with E-state index in [-0.39, 0.29) is 21.4 Å². The van der Waals surface area contributed by atoms with Crippen molar-refractivity contribution in [1.82, 2.24) is 9.21 Å². The van der Waals surface area contributed by atoms with Gasteiger partial charge in [-0.25, -0.2) is 8.42 Å². The first-order valence-corrected chi connectivity index (χ1v) is 10.8. The van der Waals surface area contributed by atoms with E-state index < -0.39 is 10.0 Å². The normalized spacial score (nSPS) is 15.1. The lowest BCUT2D eigenvalue weighted by atomic mass is 10.1. The molecule has 5 nitrogen and oxygen atoms in total. The number of halogens is 2. The monoisotopic (exact) mass is 426 g/mol. The lowest BCUT2D eigenvalue weighted by Crippen LogP contribution is -2.29. The molecule has 0 atom stereocenters. The van der Waals surface area contributed by atoms with E-state index >= 15 is 0 Å². The van der Waals surface area contributed by atoms with E-state index in [2.05, 4.69) is 0 Å². The van der Waals surface area contributed by atoms with Gasteiger partial charge in [-0.1, -0.05) is 35.3 Å². The maximum absolute atomic E-state index is 12.9. The Bertz CT molecular complexity index is 957. The smallest absolute Gasteiger partial charge is 0.255 e. The molecule has 2 aromatic carbocycles. The van der Waals surface area contributed by atoms with Gasteiger partial charge in [0.05, 0.1) is 15.5 Å². The molecule has 0 N–H and O–H groups in total. The van der Waals surface area contributed by atoms with E-state index in [1.54, 1.807) is 19.2 Å². The summed E-state index contributed by atoms with van der Waals surface area (Å²) in [7, 11) is -1.98. The van der Waals surface area contributed by atoms with E-state index in [0.29, 0.717) is 24.7 Å². The Hall–Kier alpha value is -1.60. The molecule has 1 aliphatic heterocycles. The summed E-state index contributed by atoms with van der Waals surface area (Å²) in [5.74, 6) is -0.349. The molecule has 1 amide bonds. The predicted octanol–water partition coefficient (Wildman–Crippen LogP) is 4.05. The predicted molar refractivity (Wildman–Crippen MR) is 107 cm³/mol. The number of hydrogen-bond acceptors (Lipinski definition) is 3. The Morgan fingerprint density at radius 1 is 1.11 bits per heavy atom. The summed E-state index contributed by atoms with van der Waals surface area (Å²) >= 11 is 12.2. The van der Waals surface area contributed by atoms with Crippen LogP contribution in [0.5, 0.6) is 0 Å². The zero-order chi connectivity index (χ0) is 19.6. The van der Waals surface area contributed by atoms with Crippen LogP contribution in [0.25, 0.3) is 0 Å². The number of rotatable bonds is 5. The van der Waals surface area contributed by atoms with Crippen molar-refractivity contribution in [3.05, 3.63) is 63.6 Å². The van der Waals surface area contributed by atoms with Gasteiger partial charge < -0.3 is 4.90 Å². The maximum atomic E-state index is 12.9. The van der Waals surface area contributed by atoms with Crippen LogP contribution in [0, 0.1) is 0 Å². The zero-order valence-electron chi connectivity index (χ0n) is 14.9. The standard InChI is InChI=1S/C19H20Cl2N2O3S/c1-22(13-14-5-4-6-15(20)11-14)19(24)17-12-16(7-8-18(17)21)27(25,26)23-9-2-3-10-23/h4-8,11-12H,2-3,9-10,13H2,1H3. The van der Waals surface area contributed by atoms with E-state index in [1.165, 1.54) is 27.4 Å². The first-order valence-electron chi connectivity index (χ1n) is 8.58. The molecule has 0 unspecified atom stereocenters. The van der Waals surface area contributed by atoms with E-state index in [4.69, 9.17) is 23.2 Å². The van der Waals surface area contributed by atoms with Gasteiger partial charge >= 0.3 is 0 Å². The SMILES string of the molecule is CN(Cc1cccc(Cl)c1)C(=O)c1cc(S(=O)(=O)N2CCCC2)ccc1Cl. The lowest BCUT2D eigenvalue weighted by molar-refractivity contribution is 0.0785. The summed E-state index contributed by atoms with van der Waals surface area (Å²) in [5.41, 5.74) is 1.04. The van der Waals surface area contributed by atoms with E-state index in [1.807, 2.05) is 12.1 Å². The second kappa shape index (κ2) is 8.19. The van der Waals surface area contributed by atoms with Gasteiger partial charge in [0.15, 0.2) is 0 Å². The topological polar surface area (TPSA) is 57.7 Å². The fourth-order valence-electron chi connectivity index (χ4n) is 3.09. The Morgan fingerprint density at radius 2 is 1.81 bits per heavy atom. The summed E-state index contributed by atoms with van der Waals surface area (Å²) in [4.78, 5) is 14.4. The van der Waals surface area contributed by atoms with Gasteiger partial charge in [0, 0.05) is 31.7 Å². The number of carbonyl (C=O) groups is 1. The highest BCUT2D eigenvalue weighted by Gasteiger charge is 2.28. The highest BCUT2D eigenvalue weighted by atomic mass is 35.5. The Kier molecular flexibility index (Phi) is 6.11. The molecule has 27 heavy (non-hydrogen) atoms. The van der Waals surface area contributed by atoms with E-state index in [0.717, 1.165) is 18.4 Å². The minimum absolute atomic E-state index is 0.0910. The Labute approximate surface area is 169 Å². The van der Waals surface area contributed by atoms with Crippen molar-refractivity contribution in [1.29, 1.82) is 0 Å². The second-order valence-electron chi connectivity index (χ2n) is 6.54. The highest BCUT2D eigenvalue weighted by molar-refractivity contribution is 7.89. The summed E-state index contributed by atoms with van der Waals surface area (Å²) in [6, 6.07) is 11.5. The van der Waals surface area contributed by atoms with E-state index in [9.17, 15) is 13.2 Å². The van der Waals surface area contributed by atoms with Crippen molar-refractivity contribution < 1.29 is 13.2 Å². The minimum Gasteiger partial charge on any atom is -0.337 e. The van der Waals surface area contributed by atoms with Crippen molar-refractivity contribution >= 4 is 39.1 Å². The van der Waals surface area contributed by atoms with Gasteiger partial charge in [-0.15, -0.1) is 0 Å². The molecule has 1 heterocycles. The van der Waals surface area contributed by atoms with Gasteiger partial charge in [-0.3, -0.25) is 4.79 Å². The molecule has 0 aromatic heterocycles. The average molecular weight is 427 g/mol. The lowest BCUT2D eigenvalue weighted by Gasteiger charge is -2.20. The second-order valence-corrected chi connectivity index (χ2v) is 9.33. The number of benzene rings is 2. The van der Waals surface area contributed by atoms with Gasteiger partial charge in [-0.2, -0.15) is 4.31 Å². The quantitative estimate of drug-likeness (QED) is 0.724. The van der Waals surface area contributed by atoms with Crippen LogP contribution in [0.3, 0.4) is 0 Å². The third kappa shape index (κ3) is 4.46. The van der Waals surface area contributed by atoms with Crippen LogP contribution in [0.1, 0.15) is 28.8 Å². The number of carbonyl (C=O) groups excluding carboxylic acids is 1. The fourth-order valence-corrected chi connectivity index (χ4v) is 5.05. The first-order chi connectivity index (χ1) is 12.8. The molecule has 0 spiro atoms. The molecule has 1 aliphatic rings. The number of amides is 1. The summed E-state index contributed by atoms with van der Waals surface area (Å²) in [6.07, 6.45) is 1.70. The van der Waals surface area contributed by atoms with Crippen LogP contribution in [0.2, 0.25) is 10.0 Å². The summed E-state index contributed by atoms with van der Waals surface area (Å²) in [5, 5.41) is 0.809. The fraction of sp³-hybridized carbons (Fsp3) is 0.316. The highest BCUT2D eigenvalue weighted by Crippen LogP contribution is 2.26. The third-order valence-corrected chi connectivity index (χ3v) is 6.99. The molecular weight excluding hydrogens is 407 g/mol. The third-order valence-electron chi connectivity index (χ3n) is 4.53. The van der Waals surface area contributed by atoms with Crippen LogP contribution in [-0.2, 0) is 16.6 Å². The van der Waals surface area contributed by atoms with Crippen molar-refractivity contribution in [3.8, 4) is 0 Å². The average Bonchev–Trinajstić information content (AvgIpc) is 3.17. The number of hydrogen-bond donors (Lipinski definition) is 0. The molecular formula is C19H20Cl2N2O3S. The molecule has 1 saturated heterocycles. The molecule has 0 bridgehead atoms. The molecule has 0 radical (unpaired) electrons. The van der Waals surface area contributed by atoms with Crippen LogP contribution < -0.4 is 0 Å². The van der Waals surface area contributed by atoms with Gasteiger partial charge in [0.2, 0.25) is 10.0 Å². The van der Waals surface area contributed by atoms with Crippen LogP contribution in [0.4, 0.5) is 0 Å². The van der Waals surface area contributed by atoms with Crippen molar-refractivity contribution in [2.24, 2.45) is 0 Å². The largest absolute Gasteiger partial charge is 0.337 e. The molecule has 0 saturated carbocycles. The Morgan fingerprint density at radius 3 is 2.48 bits per heavy atom. The molecule has 8 heteroatoms. The van der Waals surface area contributed by atoms with Crippen molar-refractivity contribution in [3.63, 3.8) is 0 Å². The molecule has 3 rings (SSSR count). The first kappa shape index (κ1) is 20.1. The molecule has 0 aliphatic carbocycles. The van der Waals surface area contributed by atoms with Crippen LogP contribution in [-0.4, -0.2) is 43.7 Å². The molecule has 2 aromatic rings. The summed E-state index contributed by atoms with van der Waals surface area (Å²) < 4.78 is 27.0. The maximum Gasteiger partial charge on any atom is 0.255 e. The van der Waals surface area contributed by atoms with Gasteiger partial charge in [0.25, 0.3) is 5.91 Å². The van der Waals surface area contributed by atoms with Gasteiger partial charge in [-0.05, 0) is 48.7 Å². The number of sulfonamides is 1. The number of nitrogens with zero attached hydrogens (tertiary/aromatic N) is 2. The minimum atomic E-state index is -3.62. The molecule has 144 valence electrons.